The van der Waals surface area contributed by atoms with E-state index in [1.807, 2.05) is 31.4 Å². The summed E-state index contributed by atoms with van der Waals surface area (Å²) in [7, 11) is 0. The van der Waals surface area contributed by atoms with Gasteiger partial charge in [0.15, 0.2) is 0 Å². The molecular formula is C11H11FS. The Morgan fingerprint density at radius 3 is 2.92 bits per heavy atom. The average molecular weight is 194 g/mol. The fraction of sp³-hybridized carbons (Fsp3) is 0.273. The first-order valence-electron chi connectivity index (χ1n) is 4.39. The van der Waals surface area contributed by atoms with Crippen LogP contribution in [0, 0.1) is 12.7 Å². The predicted molar refractivity (Wildman–Crippen MR) is 55.9 cm³/mol. The third kappa shape index (κ3) is 1.25. The number of hydrogen-bond acceptors (Lipinski definition) is 1. The van der Waals surface area contributed by atoms with Crippen LogP contribution in [0.15, 0.2) is 17.5 Å². The second-order valence-electron chi connectivity index (χ2n) is 3.16. The maximum Gasteiger partial charge on any atom is 0.129 e. The number of halogens is 1. The van der Waals surface area contributed by atoms with Gasteiger partial charge in [0, 0.05) is 4.70 Å². The summed E-state index contributed by atoms with van der Waals surface area (Å²) in [5.74, 6) is -0.0339. The average Bonchev–Trinajstić information content (AvgIpc) is 2.59. The van der Waals surface area contributed by atoms with Gasteiger partial charge in [0.2, 0.25) is 0 Å². The molecule has 2 rings (SSSR count). The van der Waals surface area contributed by atoms with E-state index in [2.05, 4.69) is 0 Å². The van der Waals surface area contributed by atoms with Gasteiger partial charge in [-0.1, -0.05) is 6.92 Å². The Hall–Kier alpha value is -0.890. The Kier molecular flexibility index (Phi) is 2.08. The highest BCUT2D eigenvalue weighted by Gasteiger charge is 2.08. The van der Waals surface area contributed by atoms with Gasteiger partial charge in [-0.3, -0.25) is 0 Å². The molecule has 0 unspecified atom stereocenters. The third-order valence-corrected chi connectivity index (χ3v) is 3.26. The highest BCUT2D eigenvalue weighted by atomic mass is 32.1. The monoisotopic (exact) mass is 194 g/mol. The lowest BCUT2D eigenvalue weighted by molar-refractivity contribution is 0.606. The fourth-order valence-corrected chi connectivity index (χ4v) is 2.49. The van der Waals surface area contributed by atoms with Gasteiger partial charge in [0.1, 0.15) is 5.82 Å². The van der Waals surface area contributed by atoms with Crippen molar-refractivity contribution in [1.82, 2.24) is 0 Å². The zero-order valence-electron chi connectivity index (χ0n) is 7.73. The first-order chi connectivity index (χ1) is 6.24. The van der Waals surface area contributed by atoms with Crippen molar-refractivity contribution < 1.29 is 4.39 Å². The van der Waals surface area contributed by atoms with Gasteiger partial charge in [-0.2, -0.15) is 0 Å². The molecule has 0 fully saturated rings. The molecule has 1 aromatic heterocycles. The molecule has 0 spiro atoms. The van der Waals surface area contributed by atoms with Crippen LogP contribution in [0.1, 0.15) is 18.1 Å². The SMILES string of the molecule is CCc1cc2sccc2c(C)c1F. The summed E-state index contributed by atoms with van der Waals surface area (Å²) >= 11 is 1.67. The summed E-state index contributed by atoms with van der Waals surface area (Å²) in [6.07, 6.45) is 0.764. The van der Waals surface area contributed by atoms with Crippen molar-refractivity contribution in [2.75, 3.05) is 0 Å². The molecule has 0 aliphatic heterocycles. The Morgan fingerprint density at radius 1 is 1.46 bits per heavy atom. The Bertz CT molecular complexity index is 443. The van der Waals surface area contributed by atoms with Crippen LogP contribution in [0.4, 0.5) is 4.39 Å². The highest BCUT2D eigenvalue weighted by Crippen LogP contribution is 2.28. The van der Waals surface area contributed by atoms with E-state index in [4.69, 9.17) is 0 Å². The quantitative estimate of drug-likeness (QED) is 0.645. The van der Waals surface area contributed by atoms with E-state index in [9.17, 15) is 4.39 Å². The molecule has 0 N–H and O–H groups in total. The zero-order valence-corrected chi connectivity index (χ0v) is 8.54. The summed E-state index contributed by atoms with van der Waals surface area (Å²) in [5, 5.41) is 3.07. The number of hydrogen-bond donors (Lipinski definition) is 0. The van der Waals surface area contributed by atoms with Crippen molar-refractivity contribution in [3.8, 4) is 0 Å². The standard InChI is InChI=1S/C11H11FS/c1-3-8-6-10-9(4-5-13-10)7(2)11(8)12/h4-6H,3H2,1-2H3. The minimum Gasteiger partial charge on any atom is -0.206 e. The van der Waals surface area contributed by atoms with Crippen LogP contribution in [0.2, 0.25) is 0 Å². The molecule has 0 amide bonds. The maximum absolute atomic E-state index is 13.6. The van der Waals surface area contributed by atoms with Gasteiger partial charge in [0.05, 0.1) is 0 Å². The van der Waals surface area contributed by atoms with Crippen LogP contribution in [-0.2, 0) is 6.42 Å². The predicted octanol–water partition coefficient (Wildman–Crippen LogP) is 3.91. The lowest BCUT2D eigenvalue weighted by Gasteiger charge is -2.04. The molecule has 1 heterocycles. The lowest BCUT2D eigenvalue weighted by Crippen LogP contribution is -1.91. The summed E-state index contributed by atoms with van der Waals surface area (Å²) in [6.45, 7) is 3.83. The Balaban J connectivity index is 2.83. The van der Waals surface area contributed by atoms with Gasteiger partial charge in [-0.25, -0.2) is 4.39 Å². The molecular weight excluding hydrogens is 183 g/mol. The molecule has 0 aliphatic carbocycles. The van der Waals surface area contributed by atoms with Crippen molar-refractivity contribution in [3.63, 3.8) is 0 Å². The van der Waals surface area contributed by atoms with Gasteiger partial charge in [-0.15, -0.1) is 11.3 Å². The van der Waals surface area contributed by atoms with Crippen molar-refractivity contribution in [2.45, 2.75) is 20.3 Å². The van der Waals surface area contributed by atoms with Gasteiger partial charge in [0.25, 0.3) is 0 Å². The summed E-state index contributed by atoms with van der Waals surface area (Å²) < 4.78 is 14.8. The first-order valence-corrected chi connectivity index (χ1v) is 5.27. The van der Waals surface area contributed by atoms with Crippen molar-refractivity contribution >= 4 is 21.4 Å². The van der Waals surface area contributed by atoms with E-state index in [0.29, 0.717) is 0 Å². The summed E-state index contributed by atoms with van der Waals surface area (Å²) in [6, 6.07) is 3.94. The molecule has 2 aromatic rings. The third-order valence-electron chi connectivity index (χ3n) is 2.40. The molecule has 0 atom stereocenters. The van der Waals surface area contributed by atoms with E-state index in [-0.39, 0.29) is 5.82 Å². The van der Waals surface area contributed by atoms with Crippen LogP contribution in [-0.4, -0.2) is 0 Å². The normalized spacial score (nSPS) is 11.0. The maximum atomic E-state index is 13.6. The van der Waals surface area contributed by atoms with Crippen LogP contribution >= 0.6 is 11.3 Å². The van der Waals surface area contributed by atoms with Crippen LogP contribution in [0.25, 0.3) is 10.1 Å². The topological polar surface area (TPSA) is 0 Å². The first kappa shape index (κ1) is 8.70. The zero-order chi connectivity index (χ0) is 9.42. The smallest absolute Gasteiger partial charge is 0.129 e. The summed E-state index contributed by atoms with van der Waals surface area (Å²) in [4.78, 5) is 0. The highest BCUT2D eigenvalue weighted by molar-refractivity contribution is 7.17. The molecule has 0 saturated carbocycles. The number of rotatable bonds is 1. The van der Waals surface area contributed by atoms with Gasteiger partial charge >= 0.3 is 0 Å². The van der Waals surface area contributed by atoms with Crippen molar-refractivity contribution in [3.05, 3.63) is 34.5 Å². The molecule has 0 saturated heterocycles. The second-order valence-corrected chi connectivity index (χ2v) is 4.11. The molecule has 0 radical (unpaired) electrons. The van der Waals surface area contributed by atoms with E-state index in [1.54, 1.807) is 11.3 Å². The van der Waals surface area contributed by atoms with E-state index >= 15 is 0 Å². The minimum absolute atomic E-state index is 0.0339. The fourth-order valence-electron chi connectivity index (χ4n) is 1.58. The summed E-state index contributed by atoms with van der Waals surface area (Å²) in [5.41, 5.74) is 1.61. The molecule has 1 aromatic carbocycles. The van der Waals surface area contributed by atoms with E-state index in [1.165, 1.54) is 4.70 Å². The van der Waals surface area contributed by atoms with E-state index in [0.717, 1.165) is 22.9 Å². The van der Waals surface area contributed by atoms with Crippen LogP contribution < -0.4 is 0 Å². The number of benzene rings is 1. The Morgan fingerprint density at radius 2 is 2.23 bits per heavy atom. The molecule has 2 heteroatoms. The number of aryl methyl sites for hydroxylation is 2. The van der Waals surface area contributed by atoms with Crippen molar-refractivity contribution in [2.24, 2.45) is 0 Å². The molecule has 0 bridgehead atoms. The molecule has 0 nitrogen and oxygen atoms in total. The van der Waals surface area contributed by atoms with E-state index < -0.39 is 0 Å². The van der Waals surface area contributed by atoms with Gasteiger partial charge < -0.3 is 0 Å². The van der Waals surface area contributed by atoms with Crippen molar-refractivity contribution in [1.29, 1.82) is 0 Å². The number of fused-ring (bicyclic) bond motifs is 1. The van der Waals surface area contributed by atoms with Crippen LogP contribution in [0.3, 0.4) is 0 Å². The largest absolute Gasteiger partial charge is 0.206 e. The van der Waals surface area contributed by atoms with Gasteiger partial charge in [-0.05, 0) is 47.4 Å². The number of thiophene rings is 1. The molecule has 0 aliphatic rings. The van der Waals surface area contributed by atoms with Crippen LogP contribution in [0.5, 0.6) is 0 Å². The molecule has 68 valence electrons. The molecule has 13 heavy (non-hydrogen) atoms. The lowest BCUT2D eigenvalue weighted by atomic mass is 10.1. The Labute approximate surface area is 81.0 Å². The second kappa shape index (κ2) is 3.11. The minimum atomic E-state index is -0.0339.